The molecule has 1 saturated carbocycles. The van der Waals surface area contributed by atoms with E-state index in [1.54, 1.807) is 6.07 Å². The molecule has 2 unspecified atom stereocenters. The van der Waals surface area contributed by atoms with Crippen molar-refractivity contribution in [1.29, 1.82) is 5.26 Å². The lowest BCUT2D eigenvalue weighted by atomic mass is 10.2. The molecular formula is C12H12F2N2. The van der Waals surface area contributed by atoms with Crippen LogP contribution >= 0.6 is 0 Å². The van der Waals surface area contributed by atoms with Crippen LogP contribution in [-0.4, -0.2) is 6.54 Å². The molecule has 2 rings (SSSR count). The minimum atomic E-state index is -0.704. The first-order valence-corrected chi connectivity index (χ1v) is 5.25. The molecule has 0 saturated heterocycles. The first-order valence-electron chi connectivity index (χ1n) is 5.25. The highest BCUT2D eigenvalue weighted by Gasteiger charge is 2.32. The van der Waals surface area contributed by atoms with E-state index in [9.17, 15) is 8.78 Å². The van der Waals surface area contributed by atoms with E-state index in [1.165, 1.54) is 0 Å². The van der Waals surface area contributed by atoms with Crippen molar-refractivity contribution in [3.8, 4) is 6.07 Å². The molecule has 1 fully saturated rings. The van der Waals surface area contributed by atoms with Crippen molar-refractivity contribution in [1.82, 2.24) is 0 Å². The van der Waals surface area contributed by atoms with Gasteiger partial charge in [-0.1, -0.05) is 6.92 Å². The van der Waals surface area contributed by atoms with Gasteiger partial charge in [-0.25, -0.2) is 8.78 Å². The van der Waals surface area contributed by atoms with E-state index in [0.29, 0.717) is 18.4 Å². The second-order valence-corrected chi connectivity index (χ2v) is 4.28. The Labute approximate surface area is 92.9 Å². The van der Waals surface area contributed by atoms with Crippen molar-refractivity contribution in [3.63, 3.8) is 0 Å². The van der Waals surface area contributed by atoms with Gasteiger partial charge >= 0.3 is 0 Å². The van der Waals surface area contributed by atoms with E-state index in [2.05, 4.69) is 12.2 Å². The van der Waals surface area contributed by atoms with Crippen molar-refractivity contribution >= 4 is 5.69 Å². The van der Waals surface area contributed by atoms with Crippen molar-refractivity contribution in [2.75, 3.05) is 11.9 Å². The Balaban J connectivity index is 2.11. The fourth-order valence-electron chi connectivity index (χ4n) is 1.72. The lowest BCUT2D eigenvalue weighted by Gasteiger charge is -2.08. The van der Waals surface area contributed by atoms with Gasteiger partial charge in [0.25, 0.3) is 0 Å². The zero-order valence-corrected chi connectivity index (χ0v) is 8.93. The Kier molecular flexibility index (Phi) is 2.78. The van der Waals surface area contributed by atoms with Gasteiger partial charge in [0.1, 0.15) is 5.69 Å². The van der Waals surface area contributed by atoms with Gasteiger partial charge in [0.05, 0.1) is 11.6 Å². The number of nitriles is 1. The number of hydrogen-bond acceptors (Lipinski definition) is 2. The summed E-state index contributed by atoms with van der Waals surface area (Å²) in [6.07, 6.45) is 1.10. The average Bonchev–Trinajstić information content (AvgIpc) is 2.93. The quantitative estimate of drug-likeness (QED) is 0.853. The molecule has 1 aromatic rings. The van der Waals surface area contributed by atoms with Crippen LogP contribution in [0.2, 0.25) is 0 Å². The Morgan fingerprint density at radius 1 is 1.44 bits per heavy atom. The number of anilines is 1. The van der Waals surface area contributed by atoms with Crippen LogP contribution in [0.3, 0.4) is 0 Å². The average molecular weight is 222 g/mol. The summed E-state index contributed by atoms with van der Waals surface area (Å²) in [6, 6.07) is 3.80. The van der Waals surface area contributed by atoms with Gasteiger partial charge in [-0.3, -0.25) is 0 Å². The molecule has 0 spiro atoms. The van der Waals surface area contributed by atoms with Crippen LogP contribution in [-0.2, 0) is 0 Å². The molecule has 84 valence electrons. The molecule has 0 aliphatic heterocycles. The maximum atomic E-state index is 13.4. The van der Waals surface area contributed by atoms with Crippen LogP contribution in [0.4, 0.5) is 14.5 Å². The molecule has 1 aliphatic carbocycles. The molecular weight excluding hydrogens is 210 g/mol. The summed E-state index contributed by atoms with van der Waals surface area (Å²) < 4.78 is 26.8. The zero-order chi connectivity index (χ0) is 11.7. The topological polar surface area (TPSA) is 35.8 Å². The Morgan fingerprint density at radius 2 is 2.00 bits per heavy atom. The number of hydrogen-bond donors (Lipinski definition) is 1. The Hall–Kier alpha value is -1.63. The van der Waals surface area contributed by atoms with E-state index in [0.717, 1.165) is 18.6 Å². The number of rotatable bonds is 3. The van der Waals surface area contributed by atoms with Crippen LogP contribution in [0.5, 0.6) is 0 Å². The van der Waals surface area contributed by atoms with Crippen LogP contribution < -0.4 is 5.32 Å². The highest BCUT2D eigenvalue weighted by atomic mass is 19.1. The molecule has 4 heteroatoms. The summed E-state index contributed by atoms with van der Waals surface area (Å²) in [4.78, 5) is 0. The third-order valence-electron chi connectivity index (χ3n) is 2.99. The zero-order valence-electron chi connectivity index (χ0n) is 8.93. The maximum Gasteiger partial charge on any atom is 0.150 e. The molecule has 0 bridgehead atoms. The van der Waals surface area contributed by atoms with Gasteiger partial charge in [0, 0.05) is 6.54 Å². The van der Waals surface area contributed by atoms with Gasteiger partial charge in [-0.2, -0.15) is 5.26 Å². The first-order chi connectivity index (χ1) is 7.61. The largest absolute Gasteiger partial charge is 0.380 e. The summed E-state index contributed by atoms with van der Waals surface area (Å²) in [5, 5.41) is 11.3. The van der Waals surface area contributed by atoms with Crippen molar-refractivity contribution in [3.05, 3.63) is 29.3 Å². The van der Waals surface area contributed by atoms with Crippen molar-refractivity contribution in [2.45, 2.75) is 13.3 Å². The molecule has 0 aromatic heterocycles. The van der Waals surface area contributed by atoms with Gasteiger partial charge in [-0.15, -0.1) is 0 Å². The SMILES string of the molecule is CC1CC1CNc1c(F)cc(C#N)cc1F. The van der Waals surface area contributed by atoms with E-state index >= 15 is 0 Å². The van der Waals surface area contributed by atoms with Crippen molar-refractivity contribution in [2.24, 2.45) is 11.8 Å². The summed E-state index contributed by atoms with van der Waals surface area (Å²) in [6.45, 7) is 2.69. The normalized spacial score (nSPS) is 22.6. The second kappa shape index (κ2) is 4.09. The predicted molar refractivity (Wildman–Crippen MR) is 56.8 cm³/mol. The number of benzene rings is 1. The summed E-state index contributed by atoms with van der Waals surface area (Å²) in [5.74, 6) is -0.263. The van der Waals surface area contributed by atoms with Crippen LogP contribution in [0, 0.1) is 34.8 Å². The maximum absolute atomic E-state index is 13.4. The van der Waals surface area contributed by atoms with E-state index in [-0.39, 0.29) is 11.3 Å². The van der Waals surface area contributed by atoms with Crippen LogP contribution in [0.1, 0.15) is 18.9 Å². The monoisotopic (exact) mass is 222 g/mol. The molecule has 1 aromatic carbocycles. The lowest BCUT2D eigenvalue weighted by Crippen LogP contribution is -2.08. The third-order valence-corrected chi connectivity index (χ3v) is 2.99. The molecule has 1 aliphatic rings. The van der Waals surface area contributed by atoms with Gasteiger partial charge in [-0.05, 0) is 30.4 Å². The first kappa shape index (κ1) is 10.9. The molecule has 0 radical (unpaired) electrons. The van der Waals surface area contributed by atoms with Gasteiger partial charge in [0.15, 0.2) is 11.6 Å². The summed E-state index contributed by atoms with van der Waals surface area (Å²) in [5.41, 5.74) is -0.126. The second-order valence-electron chi connectivity index (χ2n) is 4.28. The Morgan fingerprint density at radius 3 is 2.44 bits per heavy atom. The number of halogens is 2. The number of nitrogens with zero attached hydrogens (tertiary/aromatic N) is 1. The van der Waals surface area contributed by atoms with E-state index in [4.69, 9.17) is 5.26 Å². The Bertz CT molecular complexity index is 428. The highest BCUT2D eigenvalue weighted by molar-refractivity contribution is 5.50. The van der Waals surface area contributed by atoms with Crippen molar-refractivity contribution < 1.29 is 8.78 Å². The van der Waals surface area contributed by atoms with Crippen LogP contribution in [0.25, 0.3) is 0 Å². The summed E-state index contributed by atoms with van der Waals surface area (Å²) in [7, 11) is 0. The fraction of sp³-hybridized carbons (Fsp3) is 0.417. The predicted octanol–water partition coefficient (Wildman–Crippen LogP) is 2.90. The van der Waals surface area contributed by atoms with Gasteiger partial charge in [0.2, 0.25) is 0 Å². The molecule has 0 amide bonds. The fourth-order valence-corrected chi connectivity index (χ4v) is 1.72. The highest BCUT2D eigenvalue weighted by Crippen LogP contribution is 2.37. The lowest BCUT2D eigenvalue weighted by molar-refractivity contribution is 0.585. The van der Waals surface area contributed by atoms with E-state index < -0.39 is 11.6 Å². The minimum Gasteiger partial charge on any atom is -0.380 e. The molecule has 0 heterocycles. The molecule has 2 atom stereocenters. The minimum absolute atomic E-state index is 0.000315. The molecule has 16 heavy (non-hydrogen) atoms. The van der Waals surface area contributed by atoms with E-state index in [1.807, 2.05) is 0 Å². The third kappa shape index (κ3) is 2.13. The summed E-state index contributed by atoms with van der Waals surface area (Å²) >= 11 is 0. The van der Waals surface area contributed by atoms with Crippen LogP contribution in [0.15, 0.2) is 12.1 Å². The standard InChI is InChI=1S/C12H12F2N2/c1-7-2-9(7)6-16-12-10(13)3-8(5-15)4-11(12)14/h3-4,7,9,16H,2,6H2,1H3. The number of nitrogens with one attached hydrogen (secondary N) is 1. The molecule has 1 N–H and O–H groups in total. The smallest absolute Gasteiger partial charge is 0.150 e. The van der Waals surface area contributed by atoms with Gasteiger partial charge < -0.3 is 5.32 Å². The molecule has 2 nitrogen and oxygen atoms in total.